The summed E-state index contributed by atoms with van der Waals surface area (Å²) in [6.45, 7) is 4.52. The lowest BCUT2D eigenvalue weighted by atomic mass is 9.90. The molecule has 27 heavy (non-hydrogen) atoms. The zero-order chi connectivity index (χ0) is 18.8. The summed E-state index contributed by atoms with van der Waals surface area (Å²) in [6, 6.07) is 10.2. The maximum Gasteiger partial charge on any atom is 0.348 e. The van der Waals surface area contributed by atoms with Crippen molar-refractivity contribution in [2.45, 2.75) is 39.7 Å². The number of carbonyl (C=O) groups excluding carboxylic acids is 1. The molecular weight excluding hydrogens is 376 g/mol. The van der Waals surface area contributed by atoms with Crippen molar-refractivity contribution in [2.24, 2.45) is 5.92 Å². The largest absolute Gasteiger partial charge is 0.455 e. The van der Waals surface area contributed by atoms with Crippen molar-refractivity contribution in [2.75, 3.05) is 5.32 Å². The van der Waals surface area contributed by atoms with Crippen LogP contribution in [0, 0.1) is 12.8 Å². The van der Waals surface area contributed by atoms with Crippen molar-refractivity contribution >= 4 is 39.5 Å². The van der Waals surface area contributed by atoms with Crippen molar-refractivity contribution in [3.8, 4) is 0 Å². The molecule has 2 aromatic heterocycles. The standard InChI is InChI=1S/C21H22N2O2S2/c1-13-3-6-16(7-4-13)22-21-23-17(12-26-21)11-25-20(24)19-10-15-9-14(2)5-8-18(15)27-19/h3-4,6-7,10,12,14H,5,8-9,11H2,1-2H3,(H,22,23)/t14-/m0/s1. The Hall–Kier alpha value is -2.18. The first-order valence-electron chi connectivity index (χ1n) is 9.13. The molecule has 1 atom stereocenters. The average molecular weight is 399 g/mol. The summed E-state index contributed by atoms with van der Waals surface area (Å²) < 4.78 is 5.49. The Balaban J connectivity index is 1.34. The van der Waals surface area contributed by atoms with Crippen LogP contribution in [0.25, 0.3) is 0 Å². The first-order chi connectivity index (χ1) is 13.1. The number of hydrogen-bond donors (Lipinski definition) is 1. The molecule has 0 saturated heterocycles. The van der Waals surface area contributed by atoms with E-state index in [0.717, 1.165) is 29.4 Å². The Kier molecular flexibility index (Phi) is 5.27. The fourth-order valence-corrected chi connectivity index (χ4v) is 5.03. The number of fused-ring (bicyclic) bond motifs is 1. The first-order valence-corrected chi connectivity index (χ1v) is 10.8. The quantitative estimate of drug-likeness (QED) is 0.557. The minimum absolute atomic E-state index is 0.198. The molecule has 6 heteroatoms. The maximum atomic E-state index is 12.4. The van der Waals surface area contributed by atoms with Gasteiger partial charge in [-0.15, -0.1) is 22.7 Å². The highest BCUT2D eigenvalue weighted by molar-refractivity contribution is 7.14. The molecule has 1 aliphatic rings. The summed E-state index contributed by atoms with van der Waals surface area (Å²) in [5, 5.41) is 6.00. The van der Waals surface area contributed by atoms with E-state index in [4.69, 9.17) is 4.74 Å². The Morgan fingerprint density at radius 2 is 2.15 bits per heavy atom. The summed E-state index contributed by atoms with van der Waals surface area (Å²) in [7, 11) is 0. The molecule has 1 N–H and O–H groups in total. The molecule has 0 radical (unpaired) electrons. The molecule has 0 fully saturated rings. The van der Waals surface area contributed by atoms with Crippen LogP contribution in [0.1, 0.15) is 44.7 Å². The Morgan fingerprint density at radius 1 is 1.33 bits per heavy atom. The Morgan fingerprint density at radius 3 is 2.96 bits per heavy atom. The number of carbonyl (C=O) groups is 1. The monoisotopic (exact) mass is 398 g/mol. The molecule has 0 bridgehead atoms. The zero-order valence-corrected chi connectivity index (χ0v) is 17.1. The van der Waals surface area contributed by atoms with E-state index >= 15 is 0 Å². The molecule has 0 saturated carbocycles. The average Bonchev–Trinajstić information content (AvgIpc) is 3.28. The summed E-state index contributed by atoms with van der Waals surface area (Å²) in [4.78, 5) is 19.0. The van der Waals surface area contributed by atoms with E-state index in [2.05, 4.69) is 36.3 Å². The van der Waals surface area contributed by atoms with Gasteiger partial charge in [0.2, 0.25) is 0 Å². The van der Waals surface area contributed by atoms with Gasteiger partial charge in [-0.2, -0.15) is 0 Å². The van der Waals surface area contributed by atoms with Gasteiger partial charge in [0.25, 0.3) is 0 Å². The number of anilines is 2. The number of thiazole rings is 1. The number of nitrogens with zero attached hydrogens (tertiary/aromatic N) is 1. The van der Waals surface area contributed by atoms with Gasteiger partial charge in [0.05, 0.1) is 5.69 Å². The van der Waals surface area contributed by atoms with Crippen molar-refractivity contribution in [1.82, 2.24) is 4.98 Å². The van der Waals surface area contributed by atoms with E-state index in [0.29, 0.717) is 10.8 Å². The minimum atomic E-state index is -0.247. The highest BCUT2D eigenvalue weighted by Gasteiger charge is 2.21. The number of aryl methyl sites for hydroxylation is 2. The predicted octanol–water partition coefficient (Wildman–Crippen LogP) is 5.74. The topological polar surface area (TPSA) is 51.2 Å². The van der Waals surface area contributed by atoms with Crippen LogP contribution >= 0.6 is 22.7 Å². The van der Waals surface area contributed by atoms with Crippen LogP contribution in [0.4, 0.5) is 10.8 Å². The van der Waals surface area contributed by atoms with Crippen LogP contribution in [0.2, 0.25) is 0 Å². The summed E-state index contributed by atoms with van der Waals surface area (Å²) in [5.74, 6) is 0.452. The van der Waals surface area contributed by atoms with E-state index in [-0.39, 0.29) is 12.6 Å². The van der Waals surface area contributed by atoms with Crippen LogP contribution in [-0.2, 0) is 24.2 Å². The molecule has 1 aromatic carbocycles. The summed E-state index contributed by atoms with van der Waals surface area (Å²) in [5.41, 5.74) is 4.30. The predicted molar refractivity (Wildman–Crippen MR) is 111 cm³/mol. The first kappa shape index (κ1) is 18.2. The van der Waals surface area contributed by atoms with Gasteiger partial charge in [0, 0.05) is 15.9 Å². The van der Waals surface area contributed by atoms with Gasteiger partial charge in [0.15, 0.2) is 5.13 Å². The van der Waals surface area contributed by atoms with E-state index in [9.17, 15) is 4.79 Å². The molecule has 1 aliphatic carbocycles. The molecule has 0 amide bonds. The molecule has 0 aliphatic heterocycles. The van der Waals surface area contributed by atoms with Gasteiger partial charge in [-0.1, -0.05) is 24.6 Å². The second kappa shape index (κ2) is 7.82. The highest BCUT2D eigenvalue weighted by Crippen LogP contribution is 2.32. The zero-order valence-electron chi connectivity index (χ0n) is 15.5. The summed E-state index contributed by atoms with van der Waals surface area (Å²) in [6.07, 6.45) is 3.35. The van der Waals surface area contributed by atoms with Gasteiger partial charge in [0.1, 0.15) is 11.5 Å². The molecular formula is C21H22N2O2S2. The third-order valence-corrected chi connectivity index (χ3v) is 6.76. The lowest BCUT2D eigenvalue weighted by Crippen LogP contribution is -2.08. The maximum absolute atomic E-state index is 12.4. The van der Waals surface area contributed by atoms with E-state index in [1.54, 1.807) is 11.3 Å². The minimum Gasteiger partial charge on any atom is -0.455 e. The van der Waals surface area contributed by atoms with E-state index in [1.165, 1.54) is 33.8 Å². The number of aromatic nitrogens is 1. The normalized spacial score (nSPS) is 16.0. The lowest BCUT2D eigenvalue weighted by Gasteiger charge is -2.16. The fraction of sp³-hybridized carbons (Fsp3) is 0.333. The molecule has 2 heterocycles. The van der Waals surface area contributed by atoms with Gasteiger partial charge in [-0.3, -0.25) is 0 Å². The number of hydrogen-bond acceptors (Lipinski definition) is 6. The van der Waals surface area contributed by atoms with Crippen LogP contribution in [0.15, 0.2) is 35.7 Å². The molecule has 4 rings (SSSR count). The van der Waals surface area contributed by atoms with Crippen LogP contribution in [-0.4, -0.2) is 11.0 Å². The number of thiophene rings is 1. The van der Waals surface area contributed by atoms with E-state index < -0.39 is 0 Å². The number of benzene rings is 1. The van der Waals surface area contributed by atoms with Crippen molar-refractivity contribution in [3.05, 3.63) is 62.3 Å². The highest BCUT2D eigenvalue weighted by atomic mass is 32.1. The fourth-order valence-electron chi connectivity index (χ4n) is 3.21. The van der Waals surface area contributed by atoms with Crippen LogP contribution < -0.4 is 5.32 Å². The summed E-state index contributed by atoms with van der Waals surface area (Å²) >= 11 is 3.09. The van der Waals surface area contributed by atoms with Gasteiger partial charge < -0.3 is 10.1 Å². The van der Waals surface area contributed by atoms with Gasteiger partial charge in [-0.05, 0) is 55.9 Å². The smallest absolute Gasteiger partial charge is 0.348 e. The van der Waals surface area contributed by atoms with Gasteiger partial charge >= 0.3 is 5.97 Å². The third-order valence-electron chi connectivity index (χ3n) is 4.74. The SMILES string of the molecule is Cc1ccc(Nc2nc(COC(=O)c3cc4c(s3)CC[C@H](C)C4)cs2)cc1. The molecule has 3 aromatic rings. The Bertz CT molecular complexity index is 944. The molecule has 0 spiro atoms. The molecule has 4 nitrogen and oxygen atoms in total. The second-order valence-corrected chi connectivity index (χ2v) is 9.11. The van der Waals surface area contributed by atoms with Crippen LogP contribution in [0.5, 0.6) is 0 Å². The lowest BCUT2D eigenvalue weighted by molar-refractivity contribution is 0.0474. The van der Waals surface area contributed by atoms with Crippen molar-refractivity contribution in [1.29, 1.82) is 0 Å². The molecule has 0 unspecified atom stereocenters. The number of esters is 1. The van der Waals surface area contributed by atoms with Crippen molar-refractivity contribution in [3.63, 3.8) is 0 Å². The number of nitrogens with one attached hydrogen (secondary N) is 1. The Labute approximate surface area is 167 Å². The number of ether oxygens (including phenoxy) is 1. The second-order valence-electron chi connectivity index (χ2n) is 7.12. The molecule has 140 valence electrons. The number of rotatable bonds is 5. The van der Waals surface area contributed by atoms with E-state index in [1.807, 2.05) is 23.6 Å². The van der Waals surface area contributed by atoms with Crippen LogP contribution in [0.3, 0.4) is 0 Å². The van der Waals surface area contributed by atoms with Crippen molar-refractivity contribution < 1.29 is 9.53 Å². The van der Waals surface area contributed by atoms with Gasteiger partial charge in [-0.25, -0.2) is 9.78 Å². The third kappa shape index (κ3) is 4.39.